The first-order valence-electron chi connectivity index (χ1n) is 7.28. The summed E-state index contributed by atoms with van der Waals surface area (Å²) >= 11 is 10.4. The van der Waals surface area contributed by atoms with E-state index in [0.29, 0.717) is 4.90 Å². The fourth-order valence-corrected chi connectivity index (χ4v) is 3.47. The Labute approximate surface area is 169 Å². The van der Waals surface area contributed by atoms with Crippen molar-refractivity contribution in [3.8, 4) is 5.75 Å². The Hall–Kier alpha value is -2.96. The molecule has 0 aromatic heterocycles. The average Bonchev–Trinajstić information content (AvgIpc) is 2.59. The van der Waals surface area contributed by atoms with Crippen molar-refractivity contribution < 1.29 is 27.4 Å². The summed E-state index contributed by atoms with van der Waals surface area (Å²) in [5, 5.41) is 20.1. The third kappa shape index (κ3) is 5.06. The third-order valence-corrected chi connectivity index (χ3v) is 5.07. The summed E-state index contributed by atoms with van der Waals surface area (Å²) in [6.45, 7) is -0.498. The number of benzene rings is 2. The summed E-state index contributed by atoms with van der Waals surface area (Å²) in [4.78, 5) is 21.9. The molecule has 148 valence electrons. The molecule has 1 amide bonds. The van der Waals surface area contributed by atoms with Gasteiger partial charge in [-0.3, -0.25) is 10.1 Å². The molecule has 28 heavy (non-hydrogen) atoms. The van der Waals surface area contributed by atoms with Gasteiger partial charge in [-0.25, -0.2) is 9.69 Å². The van der Waals surface area contributed by atoms with Gasteiger partial charge in [0.15, 0.2) is 5.11 Å². The maximum atomic E-state index is 12.3. The molecule has 0 saturated carbocycles. The highest BCUT2D eigenvalue weighted by Crippen LogP contribution is 2.28. The van der Waals surface area contributed by atoms with Gasteiger partial charge in [0.05, 0.1) is 23.1 Å². The minimum atomic E-state index is -4.29. The van der Waals surface area contributed by atoms with Crippen molar-refractivity contribution in [1.82, 2.24) is 4.90 Å². The van der Waals surface area contributed by atoms with E-state index in [1.165, 1.54) is 18.2 Å². The molecule has 0 heterocycles. The molecule has 2 aromatic carbocycles. The molecule has 0 aliphatic rings. The summed E-state index contributed by atoms with van der Waals surface area (Å²) in [5.41, 5.74) is 4.66. The number of amides is 1. The van der Waals surface area contributed by atoms with Gasteiger partial charge in [-0.1, -0.05) is 17.7 Å². The quantitative estimate of drug-likeness (QED) is 0.295. The summed E-state index contributed by atoms with van der Waals surface area (Å²) in [7, 11) is -4.29. The monoisotopic (exact) mass is 445 g/mol. The van der Waals surface area contributed by atoms with Crippen molar-refractivity contribution in [3.05, 3.63) is 63.2 Å². The van der Waals surface area contributed by atoms with Crippen LogP contribution in [0.5, 0.6) is 5.75 Å². The lowest BCUT2D eigenvalue weighted by molar-refractivity contribution is -0.385. The number of hydrogen-bond donors (Lipinski definition) is 2. The topological polar surface area (TPSA) is 153 Å². The van der Waals surface area contributed by atoms with Crippen LogP contribution in [0.1, 0.15) is 5.56 Å². The van der Waals surface area contributed by atoms with Gasteiger partial charge >= 0.3 is 16.2 Å². The zero-order valence-electron chi connectivity index (χ0n) is 13.8. The third-order valence-electron chi connectivity index (χ3n) is 3.37. The van der Waals surface area contributed by atoms with Gasteiger partial charge in [0.25, 0.3) is 5.69 Å². The fourth-order valence-electron chi connectivity index (χ4n) is 2.11. The van der Waals surface area contributed by atoms with Gasteiger partial charge in [-0.05, 0) is 42.5 Å². The smallest absolute Gasteiger partial charge is 0.413 e. The van der Waals surface area contributed by atoms with E-state index in [-0.39, 0.29) is 21.2 Å². The standard InChI is InChI=1S/C15H12ClN3O7S2/c16-10-2-1-3-12(6-10)28(24,25)26-11-5-4-9(13(7-11)19(22)23)8-18(14(17)27)15(20)21/h1-7H,8H2,(H2,17,27)(H,20,21). The van der Waals surface area contributed by atoms with E-state index >= 15 is 0 Å². The van der Waals surface area contributed by atoms with E-state index in [1.54, 1.807) is 0 Å². The molecule has 0 unspecified atom stereocenters. The summed E-state index contributed by atoms with van der Waals surface area (Å²) in [5.74, 6) is -0.340. The number of carbonyl (C=O) groups is 1. The second-order valence-electron chi connectivity index (χ2n) is 5.25. The predicted octanol–water partition coefficient (Wildman–Crippen LogP) is 2.74. The SMILES string of the molecule is NC(=S)N(Cc1ccc(OS(=O)(=O)c2cccc(Cl)c2)cc1[N+](=O)[O-])C(=O)O. The maximum Gasteiger partial charge on any atom is 0.413 e. The van der Waals surface area contributed by atoms with Crippen LogP contribution in [-0.2, 0) is 16.7 Å². The van der Waals surface area contributed by atoms with Crippen LogP contribution < -0.4 is 9.92 Å². The lowest BCUT2D eigenvalue weighted by Gasteiger charge is -2.17. The number of nitro benzene ring substituents is 1. The molecular formula is C15H12ClN3O7S2. The zero-order valence-corrected chi connectivity index (χ0v) is 16.2. The van der Waals surface area contributed by atoms with Crippen molar-refractivity contribution in [2.45, 2.75) is 11.4 Å². The number of nitrogens with two attached hydrogens (primary N) is 1. The first-order chi connectivity index (χ1) is 13.0. The molecule has 3 N–H and O–H groups in total. The molecule has 0 saturated heterocycles. The van der Waals surface area contributed by atoms with Gasteiger partial charge < -0.3 is 15.0 Å². The Balaban J connectivity index is 2.38. The first-order valence-corrected chi connectivity index (χ1v) is 9.48. The number of halogens is 1. The van der Waals surface area contributed by atoms with Crippen LogP contribution in [0.15, 0.2) is 47.4 Å². The molecule has 0 fully saturated rings. The fraction of sp³-hybridized carbons (Fsp3) is 0.0667. The van der Waals surface area contributed by atoms with Gasteiger partial charge in [-0.2, -0.15) is 8.42 Å². The number of nitrogens with zero attached hydrogens (tertiary/aromatic N) is 2. The minimum Gasteiger partial charge on any atom is -0.465 e. The number of nitro groups is 1. The van der Waals surface area contributed by atoms with E-state index in [9.17, 15) is 23.3 Å². The van der Waals surface area contributed by atoms with Crippen molar-refractivity contribution in [2.24, 2.45) is 5.73 Å². The van der Waals surface area contributed by atoms with Crippen LogP contribution in [0.4, 0.5) is 10.5 Å². The highest BCUT2D eigenvalue weighted by molar-refractivity contribution is 7.87. The molecule has 10 nitrogen and oxygen atoms in total. The molecule has 0 atom stereocenters. The predicted molar refractivity (Wildman–Crippen MR) is 103 cm³/mol. The molecule has 0 spiro atoms. The van der Waals surface area contributed by atoms with Crippen molar-refractivity contribution >= 4 is 50.8 Å². The van der Waals surface area contributed by atoms with Crippen LogP contribution in [-0.4, -0.2) is 34.6 Å². The van der Waals surface area contributed by atoms with Crippen LogP contribution in [0.25, 0.3) is 0 Å². The van der Waals surface area contributed by atoms with Crippen LogP contribution in [0.3, 0.4) is 0 Å². The van der Waals surface area contributed by atoms with E-state index in [0.717, 1.165) is 24.3 Å². The van der Waals surface area contributed by atoms with Gasteiger partial charge in [0.2, 0.25) is 0 Å². The molecule has 0 radical (unpaired) electrons. The Morgan fingerprint density at radius 2 is 2.00 bits per heavy atom. The normalized spacial score (nSPS) is 10.9. The first kappa shape index (κ1) is 21.3. The molecule has 2 aromatic rings. The molecule has 13 heteroatoms. The largest absolute Gasteiger partial charge is 0.465 e. The van der Waals surface area contributed by atoms with Gasteiger partial charge in [-0.15, -0.1) is 0 Å². The Morgan fingerprint density at radius 1 is 1.32 bits per heavy atom. The van der Waals surface area contributed by atoms with Gasteiger partial charge in [0, 0.05) is 5.02 Å². The highest BCUT2D eigenvalue weighted by atomic mass is 35.5. The van der Waals surface area contributed by atoms with Crippen molar-refractivity contribution in [1.29, 1.82) is 0 Å². The van der Waals surface area contributed by atoms with E-state index < -0.39 is 38.5 Å². The lowest BCUT2D eigenvalue weighted by Crippen LogP contribution is -2.39. The zero-order chi connectivity index (χ0) is 21.1. The summed E-state index contributed by atoms with van der Waals surface area (Å²) < 4.78 is 29.5. The van der Waals surface area contributed by atoms with Crippen molar-refractivity contribution in [2.75, 3.05) is 0 Å². The van der Waals surface area contributed by atoms with Crippen LogP contribution in [0.2, 0.25) is 5.02 Å². The summed E-state index contributed by atoms with van der Waals surface area (Å²) in [6, 6.07) is 8.43. The average molecular weight is 446 g/mol. The molecule has 0 bridgehead atoms. The number of carboxylic acid groups (broad SMARTS) is 1. The second kappa shape index (κ2) is 8.37. The van der Waals surface area contributed by atoms with E-state index in [4.69, 9.17) is 26.6 Å². The van der Waals surface area contributed by atoms with Gasteiger partial charge in [0.1, 0.15) is 10.6 Å². The number of rotatable bonds is 6. The van der Waals surface area contributed by atoms with Crippen LogP contribution >= 0.6 is 23.8 Å². The second-order valence-corrected chi connectivity index (χ2v) is 7.65. The van der Waals surface area contributed by atoms with Crippen molar-refractivity contribution in [3.63, 3.8) is 0 Å². The highest BCUT2D eigenvalue weighted by Gasteiger charge is 2.24. The minimum absolute atomic E-state index is 0.0623. The number of hydrogen-bond acceptors (Lipinski definition) is 7. The molecular weight excluding hydrogens is 434 g/mol. The Morgan fingerprint density at radius 3 is 2.54 bits per heavy atom. The molecule has 2 rings (SSSR count). The summed E-state index contributed by atoms with van der Waals surface area (Å²) in [6.07, 6.45) is -1.49. The maximum absolute atomic E-state index is 12.3. The molecule has 0 aliphatic carbocycles. The van der Waals surface area contributed by atoms with E-state index in [2.05, 4.69) is 12.2 Å². The Bertz CT molecular complexity index is 1050. The lowest BCUT2D eigenvalue weighted by atomic mass is 10.1. The van der Waals surface area contributed by atoms with Crippen LogP contribution in [0, 0.1) is 10.1 Å². The van der Waals surface area contributed by atoms with E-state index in [1.807, 2.05) is 0 Å². The molecule has 0 aliphatic heterocycles. The number of thiocarbonyl (C=S) groups is 1. The Kier molecular flexibility index (Phi) is 6.38.